The van der Waals surface area contributed by atoms with Gasteiger partial charge in [0.05, 0.1) is 0 Å². The first-order chi connectivity index (χ1) is 8.97. The van der Waals surface area contributed by atoms with Crippen LogP contribution in [0.2, 0.25) is 0 Å². The lowest BCUT2D eigenvalue weighted by atomic mass is 9.98. The second-order valence-electron chi connectivity index (χ2n) is 4.65. The largest absolute Gasteiger partial charge is 0.294 e. The van der Waals surface area contributed by atoms with Crippen molar-refractivity contribution in [1.29, 1.82) is 0 Å². The minimum Gasteiger partial charge on any atom is -0.294 e. The molecular formula is C16H14BrFO. The first-order valence-electron chi connectivity index (χ1n) is 6.02. The highest BCUT2D eigenvalue weighted by Crippen LogP contribution is 2.21. The third kappa shape index (κ3) is 3.29. The Hall–Kier alpha value is -1.48. The molecule has 2 aromatic carbocycles. The molecule has 0 aliphatic carbocycles. The quantitative estimate of drug-likeness (QED) is 0.753. The summed E-state index contributed by atoms with van der Waals surface area (Å²) < 4.78 is 14.0. The van der Waals surface area contributed by atoms with Crippen LogP contribution in [0.15, 0.2) is 40.9 Å². The lowest BCUT2D eigenvalue weighted by Crippen LogP contribution is -2.06. The Bertz CT molecular complexity index is 635. The normalized spacial score (nSPS) is 10.5. The van der Waals surface area contributed by atoms with Crippen molar-refractivity contribution in [3.8, 4) is 0 Å². The summed E-state index contributed by atoms with van der Waals surface area (Å²) in [6.45, 7) is 3.91. The fraction of sp³-hybridized carbons (Fsp3) is 0.188. The molecule has 0 aliphatic rings. The molecular weight excluding hydrogens is 307 g/mol. The van der Waals surface area contributed by atoms with Crippen LogP contribution in [0.25, 0.3) is 0 Å². The Balaban J connectivity index is 2.28. The van der Waals surface area contributed by atoms with Crippen molar-refractivity contribution in [1.82, 2.24) is 0 Å². The summed E-state index contributed by atoms with van der Waals surface area (Å²) in [7, 11) is 0. The Kier molecular flexibility index (Phi) is 4.15. The maximum absolute atomic E-state index is 13.2. The topological polar surface area (TPSA) is 17.1 Å². The van der Waals surface area contributed by atoms with Crippen LogP contribution in [-0.4, -0.2) is 5.78 Å². The van der Waals surface area contributed by atoms with Gasteiger partial charge in [-0.2, -0.15) is 0 Å². The van der Waals surface area contributed by atoms with E-state index in [-0.39, 0.29) is 18.0 Å². The molecule has 3 heteroatoms. The number of Topliss-reactive ketones (excluding diaryl/α,β-unsaturated/α-hetero) is 1. The van der Waals surface area contributed by atoms with Crippen LogP contribution in [0.3, 0.4) is 0 Å². The molecule has 0 atom stereocenters. The van der Waals surface area contributed by atoms with E-state index in [1.165, 1.54) is 12.1 Å². The van der Waals surface area contributed by atoms with Crippen molar-refractivity contribution in [2.45, 2.75) is 20.3 Å². The van der Waals surface area contributed by atoms with Gasteiger partial charge in [0.25, 0.3) is 0 Å². The highest BCUT2D eigenvalue weighted by atomic mass is 79.9. The van der Waals surface area contributed by atoms with E-state index >= 15 is 0 Å². The Labute approximate surface area is 120 Å². The molecule has 0 fully saturated rings. The number of aryl methyl sites for hydroxylation is 2. The predicted octanol–water partition coefficient (Wildman–Crippen LogP) is 4.63. The molecule has 19 heavy (non-hydrogen) atoms. The molecule has 0 N–H and O–H groups in total. The van der Waals surface area contributed by atoms with Crippen molar-refractivity contribution in [2.24, 2.45) is 0 Å². The van der Waals surface area contributed by atoms with Crippen LogP contribution in [-0.2, 0) is 6.42 Å². The van der Waals surface area contributed by atoms with Gasteiger partial charge >= 0.3 is 0 Å². The smallest absolute Gasteiger partial charge is 0.167 e. The number of hydrogen-bond donors (Lipinski definition) is 0. The summed E-state index contributed by atoms with van der Waals surface area (Å²) in [5, 5.41) is 0. The maximum Gasteiger partial charge on any atom is 0.167 e. The zero-order chi connectivity index (χ0) is 14.0. The Morgan fingerprint density at radius 2 is 1.89 bits per heavy atom. The maximum atomic E-state index is 13.2. The van der Waals surface area contributed by atoms with E-state index < -0.39 is 0 Å². The van der Waals surface area contributed by atoms with E-state index in [4.69, 9.17) is 0 Å². The molecule has 0 bridgehead atoms. The third-order valence-electron chi connectivity index (χ3n) is 3.04. The van der Waals surface area contributed by atoms with E-state index in [1.54, 1.807) is 6.07 Å². The van der Waals surface area contributed by atoms with E-state index in [0.29, 0.717) is 11.1 Å². The summed E-state index contributed by atoms with van der Waals surface area (Å²) in [4.78, 5) is 12.3. The van der Waals surface area contributed by atoms with E-state index in [2.05, 4.69) is 15.9 Å². The standard InChI is InChI=1S/C16H14BrFO/c1-10-3-5-14(11(2)7-10)16(19)9-12-8-13(18)4-6-15(12)17/h3-8H,9H2,1-2H3. The van der Waals surface area contributed by atoms with Crippen LogP contribution in [0.1, 0.15) is 27.0 Å². The first-order valence-corrected chi connectivity index (χ1v) is 6.81. The highest BCUT2D eigenvalue weighted by Gasteiger charge is 2.12. The molecule has 98 valence electrons. The van der Waals surface area contributed by atoms with Gasteiger partial charge in [-0.1, -0.05) is 39.7 Å². The van der Waals surface area contributed by atoms with Crippen molar-refractivity contribution >= 4 is 21.7 Å². The fourth-order valence-electron chi connectivity index (χ4n) is 2.07. The monoisotopic (exact) mass is 320 g/mol. The number of rotatable bonds is 3. The minimum atomic E-state index is -0.327. The molecule has 2 rings (SSSR count). The fourth-order valence-corrected chi connectivity index (χ4v) is 2.46. The SMILES string of the molecule is Cc1ccc(C(=O)Cc2cc(F)ccc2Br)c(C)c1. The average molecular weight is 321 g/mol. The minimum absolute atomic E-state index is 0.00352. The van der Waals surface area contributed by atoms with Gasteiger partial charge in [-0.15, -0.1) is 0 Å². The molecule has 0 unspecified atom stereocenters. The van der Waals surface area contributed by atoms with Crippen LogP contribution in [0.5, 0.6) is 0 Å². The van der Waals surface area contributed by atoms with Crippen LogP contribution in [0.4, 0.5) is 4.39 Å². The van der Waals surface area contributed by atoms with Crippen molar-refractivity contribution in [3.63, 3.8) is 0 Å². The molecule has 0 saturated heterocycles. The van der Waals surface area contributed by atoms with E-state index in [9.17, 15) is 9.18 Å². The van der Waals surface area contributed by atoms with E-state index in [1.807, 2.05) is 32.0 Å². The highest BCUT2D eigenvalue weighted by molar-refractivity contribution is 9.10. The Morgan fingerprint density at radius 3 is 2.58 bits per heavy atom. The molecule has 0 aromatic heterocycles. The van der Waals surface area contributed by atoms with Crippen molar-refractivity contribution < 1.29 is 9.18 Å². The van der Waals surface area contributed by atoms with E-state index in [0.717, 1.165) is 15.6 Å². The van der Waals surface area contributed by atoms with Gasteiger partial charge in [0.1, 0.15) is 5.82 Å². The van der Waals surface area contributed by atoms with Gasteiger partial charge in [0, 0.05) is 16.5 Å². The molecule has 0 saturated carbocycles. The van der Waals surface area contributed by atoms with Gasteiger partial charge in [0.15, 0.2) is 5.78 Å². The van der Waals surface area contributed by atoms with Gasteiger partial charge in [-0.05, 0) is 43.2 Å². The molecule has 0 spiro atoms. The molecule has 1 nitrogen and oxygen atoms in total. The lowest BCUT2D eigenvalue weighted by Gasteiger charge is -2.07. The number of hydrogen-bond acceptors (Lipinski definition) is 1. The summed E-state index contributed by atoms with van der Waals surface area (Å²) >= 11 is 3.34. The average Bonchev–Trinajstić information content (AvgIpc) is 2.33. The van der Waals surface area contributed by atoms with Gasteiger partial charge in [0.2, 0.25) is 0 Å². The molecule has 0 radical (unpaired) electrons. The predicted molar refractivity (Wildman–Crippen MR) is 78.1 cm³/mol. The molecule has 0 amide bonds. The zero-order valence-electron chi connectivity index (χ0n) is 10.8. The van der Waals surface area contributed by atoms with Gasteiger partial charge in [-0.3, -0.25) is 4.79 Å². The zero-order valence-corrected chi connectivity index (χ0v) is 12.4. The molecule has 0 aliphatic heterocycles. The number of ketones is 1. The van der Waals surface area contributed by atoms with Crippen LogP contribution >= 0.6 is 15.9 Å². The van der Waals surface area contributed by atoms with Gasteiger partial charge in [-0.25, -0.2) is 4.39 Å². The second kappa shape index (κ2) is 5.66. The number of carbonyl (C=O) groups is 1. The number of carbonyl (C=O) groups excluding carboxylic acids is 1. The van der Waals surface area contributed by atoms with Crippen LogP contribution < -0.4 is 0 Å². The number of halogens is 2. The lowest BCUT2D eigenvalue weighted by molar-refractivity contribution is 0.0992. The second-order valence-corrected chi connectivity index (χ2v) is 5.51. The van der Waals surface area contributed by atoms with Crippen LogP contribution in [0, 0.1) is 19.7 Å². The van der Waals surface area contributed by atoms with Gasteiger partial charge < -0.3 is 0 Å². The number of benzene rings is 2. The van der Waals surface area contributed by atoms with Crippen molar-refractivity contribution in [2.75, 3.05) is 0 Å². The molecule has 0 heterocycles. The third-order valence-corrected chi connectivity index (χ3v) is 3.81. The summed E-state index contributed by atoms with van der Waals surface area (Å²) in [5.74, 6) is -0.324. The summed E-state index contributed by atoms with van der Waals surface area (Å²) in [5.41, 5.74) is 3.45. The first kappa shape index (κ1) is 13.9. The summed E-state index contributed by atoms with van der Waals surface area (Å²) in [6, 6.07) is 10.1. The Morgan fingerprint density at radius 1 is 1.16 bits per heavy atom. The summed E-state index contributed by atoms with van der Waals surface area (Å²) in [6.07, 6.45) is 0.197. The molecule has 2 aromatic rings. The van der Waals surface area contributed by atoms with Crippen molar-refractivity contribution in [3.05, 3.63) is 68.9 Å².